The first-order valence-corrected chi connectivity index (χ1v) is 7.58. The van der Waals surface area contributed by atoms with Crippen molar-refractivity contribution in [2.75, 3.05) is 26.2 Å². The summed E-state index contributed by atoms with van der Waals surface area (Å²) in [6.45, 7) is 11.6. The number of oxazole rings is 1. The molecule has 6 nitrogen and oxygen atoms in total. The van der Waals surface area contributed by atoms with Crippen LogP contribution in [0, 0.1) is 19.8 Å². The van der Waals surface area contributed by atoms with Gasteiger partial charge >= 0.3 is 0 Å². The van der Waals surface area contributed by atoms with Gasteiger partial charge in [-0.2, -0.15) is 0 Å². The number of amides is 1. The third-order valence-corrected chi connectivity index (χ3v) is 4.12. The Kier molecular flexibility index (Phi) is 5.00. The molecule has 0 bridgehead atoms. The van der Waals surface area contributed by atoms with Crippen molar-refractivity contribution in [3.05, 3.63) is 17.3 Å². The monoisotopic (exact) mass is 294 g/mol. The van der Waals surface area contributed by atoms with E-state index in [1.807, 2.05) is 32.6 Å². The van der Waals surface area contributed by atoms with Crippen LogP contribution in [0.15, 0.2) is 4.42 Å². The topological polar surface area (TPSA) is 75.6 Å². The molecule has 1 aliphatic rings. The number of hydrogen-bond donors (Lipinski definition) is 1. The Hall–Kier alpha value is -1.40. The molecule has 118 valence electrons. The van der Waals surface area contributed by atoms with E-state index in [9.17, 15) is 4.79 Å². The average Bonchev–Trinajstić information content (AvgIpc) is 2.76. The van der Waals surface area contributed by atoms with Gasteiger partial charge in [0.1, 0.15) is 5.76 Å². The molecule has 0 unspecified atom stereocenters. The second-order valence-corrected chi connectivity index (χ2v) is 6.12. The maximum atomic E-state index is 12.2. The van der Waals surface area contributed by atoms with Crippen molar-refractivity contribution < 1.29 is 9.21 Å². The van der Waals surface area contributed by atoms with Crippen molar-refractivity contribution in [3.8, 4) is 0 Å². The zero-order valence-electron chi connectivity index (χ0n) is 13.4. The molecule has 2 rings (SSSR count). The zero-order chi connectivity index (χ0) is 15.6. The van der Waals surface area contributed by atoms with Gasteiger partial charge in [0.2, 0.25) is 11.8 Å². The van der Waals surface area contributed by atoms with Gasteiger partial charge in [-0.05, 0) is 19.8 Å². The molecule has 1 fully saturated rings. The first kappa shape index (κ1) is 16.0. The summed E-state index contributed by atoms with van der Waals surface area (Å²) in [5, 5.41) is 0. The normalized spacial score (nSPS) is 18.3. The van der Waals surface area contributed by atoms with E-state index < -0.39 is 6.04 Å². The molecule has 1 aromatic rings. The molecule has 0 radical (unpaired) electrons. The summed E-state index contributed by atoms with van der Waals surface area (Å²) in [5.41, 5.74) is 6.88. The molecule has 1 saturated heterocycles. The maximum absolute atomic E-state index is 12.2. The summed E-state index contributed by atoms with van der Waals surface area (Å²) < 4.78 is 5.61. The number of rotatable bonds is 4. The summed E-state index contributed by atoms with van der Waals surface area (Å²) in [5.74, 6) is 1.87. The number of aryl methyl sites for hydroxylation is 2. The van der Waals surface area contributed by atoms with Crippen molar-refractivity contribution in [1.82, 2.24) is 14.8 Å². The molecule has 21 heavy (non-hydrogen) atoms. The van der Waals surface area contributed by atoms with Gasteiger partial charge in [-0.3, -0.25) is 9.69 Å². The molecule has 0 aliphatic carbocycles. The standard InChI is InChI=1S/C15H26N4O2/c1-10(2)14(16)15(20)19-7-5-18(6-8-19)9-13-17-11(3)12(4)21-13/h10,14H,5-9,16H2,1-4H3/t14-/m0/s1. The molecule has 1 atom stereocenters. The van der Waals surface area contributed by atoms with Gasteiger partial charge in [0.05, 0.1) is 18.3 Å². The van der Waals surface area contributed by atoms with Crippen LogP contribution in [0.3, 0.4) is 0 Å². The summed E-state index contributed by atoms with van der Waals surface area (Å²) in [4.78, 5) is 20.7. The molecule has 1 aromatic heterocycles. The molecule has 2 heterocycles. The lowest BCUT2D eigenvalue weighted by molar-refractivity contribution is -0.135. The van der Waals surface area contributed by atoms with Gasteiger partial charge in [0, 0.05) is 26.2 Å². The number of carbonyl (C=O) groups excluding carboxylic acids is 1. The van der Waals surface area contributed by atoms with E-state index in [1.54, 1.807) is 0 Å². The van der Waals surface area contributed by atoms with Crippen molar-refractivity contribution in [2.45, 2.75) is 40.3 Å². The number of nitrogens with two attached hydrogens (primary N) is 1. The van der Waals surface area contributed by atoms with Gasteiger partial charge < -0.3 is 15.1 Å². The Labute approximate surface area is 126 Å². The molecule has 0 aromatic carbocycles. The van der Waals surface area contributed by atoms with Gasteiger partial charge in [-0.25, -0.2) is 4.98 Å². The first-order chi connectivity index (χ1) is 9.88. The second kappa shape index (κ2) is 6.58. The molecular weight excluding hydrogens is 268 g/mol. The number of nitrogens with zero attached hydrogens (tertiary/aromatic N) is 3. The van der Waals surface area contributed by atoms with Crippen molar-refractivity contribution >= 4 is 5.91 Å². The lowest BCUT2D eigenvalue weighted by Gasteiger charge is -2.35. The van der Waals surface area contributed by atoms with E-state index in [0.717, 1.165) is 43.5 Å². The van der Waals surface area contributed by atoms with Crippen LogP contribution in [0.1, 0.15) is 31.2 Å². The lowest BCUT2D eigenvalue weighted by atomic mass is 10.0. The van der Waals surface area contributed by atoms with Crippen LogP contribution in [0.4, 0.5) is 0 Å². The summed E-state index contributed by atoms with van der Waals surface area (Å²) in [6, 6.07) is -0.395. The van der Waals surface area contributed by atoms with Crippen LogP contribution >= 0.6 is 0 Å². The van der Waals surface area contributed by atoms with E-state index in [-0.39, 0.29) is 11.8 Å². The zero-order valence-corrected chi connectivity index (χ0v) is 13.4. The van der Waals surface area contributed by atoms with Crippen LogP contribution in [0.25, 0.3) is 0 Å². The van der Waals surface area contributed by atoms with Crippen molar-refractivity contribution in [2.24, 2.45) is 11.7 Å². The molecular formula is C15H26N4O2. The van der Waals surface area contributed by atoms with E-state index in [1.165, 1.54) is 0 Å². The van der Waals surface area contributed by atoms with E-state index in [0.29, 0.717) is 6.54 Å². The molecule has 0 saturated carbocycles. The Morgan fingerprint density at radius 2 is 1.90 bits per heavy atom. The third-order valence-electron chi connectivity index (χ3n) is 4.12. The summed E-state index contributed by atoms with van der Waals surface area (Å²) in [6.07, 6.45) is 0. The summed E-state index contributed by atoms with van der Waals surface area (Å²) >= 11 is 0. The van der Waals surface area contributed by atoms with Gasteiger partial charge in [0.15, 0.2) is 0 Å². The summed E-state index contributed by atoms with van der Waals surface area (Å²) in [7, 11) is 0. The largest absolute Gasteiger partial charge is 0.444 e. The fourth-order valence-corrected chi connectivity index (χ4v) is 2.42. The first-order valence-electron chi connectivity index (χ1n) is 7.58. The molecule has 6 heteroatoms. The Balaban J connectivity index is 1.84. The predicted octanol–water partition coefficient (Wildman–Crippen LogP) is 0.919. The van der Waals surface area contributed by atoms with Crippen molar-refractivity contribution in [3.63, 3.8) is 0 Å². The minimum absolute atomic E-state index is 0.0625. The van der Waals surface area contributed by atoms with Crippen molar-refractivity contribution in [1.29, 1.82) is 0 Å². The van der Waals surface area contributed by atoms with E-state index in [4.69, 9.17) is 10.2 Å². The maximum Gasteiger partial charge on any atom is 0.239 e. The molecule has 1 amide bonds. The Bertz CT molecular complexity index is 470. The van der Waals surface area contributed by atoms with E-state index in [2.05, 4.69) is 9.88 Å². The quantitative estimate of drug-likeness (QED) is 0.893. The van der Waals surface area contributed by atoms with Crippen LogP contribution in [0.5, 0.6) is 0 Å². The van der Waals surface area contributed by atoms with Crippen LogP contribution in [-0.2, 0) is 11.3 Å². The molecule has 2 N–H and O–H groups in total. The fourth-order valence-electron chi connectivity index (χ4n) is 2.42. The number of carbonyl (C=O) groups is 1. The minimum Gasteiger partial charge on any atom is -0.444 e. The van der Waals surface area contributed by atoms with Crippen LogP contribution in [-0.4, -0.2) is 52.9 Å². The molecule has 1 aliphatic heterocycles. The number of aromatic nitrogens is 1. The highest BCUT2D eigenvalue weighted by Gasteiger charge is 2.27. The highest BCUT2D eigenvalue weighted by molar-refractivity contribution is 5.82. The minimum atomic E-state index is -0.395. The van der Waals surface area contributed by atoms with Gasteiger partial charge in [-0.15, -0.1) is 0 Å². The van der Waals surface area contributed by atoms with Crippen LogP contribution < -0.4 is 5.73 Å². The smallest absolute Gasteiger partial charge is 0.239 e. The number of hydrogen-bond acceptors (Lipinski definition) is 5. The average molecular weight is 294 g/mol. The number of piperazine rings is 1. The second-order valence-electron chi connectivity index (χ2n) is 6.12. The molecule has 0 spiro atoms. The van der Waals surface area contributed by atoms with Gasteiger partial charge in [0.25, 0.3) is 0 Å². The third kappa shape index (κ3) is 3.83. The highest BCUT2D eigenvalue weighted by atomic mass is 16.4. The fraction of sp³-hybridized carbons (Fsp3) is 0.733. The Morgan fingerprint density at radius 3 is 2.38 bits per heavy atom. The lowest BCUT2D eigenvalue weighted by Crippen LogP contribution is -2.54. The van der Waals surface area contributed by atoms with Crippen LogP contribution in [0.2, 0.25) is 0 Å². The van der Waals surface area contributed by atoms with Gasteiger partial charge in [-0.1, -0.05) is 13.8 Å². The Morgan fingerprint density at radius 1 is 1.29 bits per heavy atom. The van der Waals surface area contributed by atoms with E-state index >= 15 is 0 Å². The SMILES string of the molecule is Cc1nc(CN2CCN(C(=O)[C@@H](N)C(C)C)CC2)oc1C. The predicted molar refractivity (Wildman–Crippen MR) is 80.6 cm³/mol. The highest BCUT2D eigenvalue weighted by Crippen LogP contribution is 2.13.